The summed E-state index contributed by atoms with van der Waals surface area (Å²) < 4.78 is 115. The number of aromatic nitrogens is 16. The van der Waals surface area contributed by atoms with Gasteiger partial charge >= 0.3 is 36.2 Å². The van der Waals surface area contributed by atoms with E-state index >= 15 is 0 Å². The van der Waals surface area contributed by atoms with Gasteiger partial charge in [-0.15, -0.1) is 0 Å². The molecule has 18 heterocycles. The Labute approximate surface area is 724 Å². The minimum atomic E-state index is -1.25. The second kappa shape index (κ2) is 46.0. The molecule has 8 aromatic rings. The number of amides is 2. The molecule has 694 valence electrons. The number of carbonyl (C=O) groups is 2. The monoisotopic (exact) mass is 1780 g/mol. The Morgan fingerprint density at radius 1 is 0.452 bits per heavy atom. The fourth-order valence-electron chi connectivity index (χ4n) is 14.7. The number of hydrogen-bond donors (Lipinski definition) is 13. The van der Waals surface area contributed by atoms with Gasteiger partial charge in [0, 0.05) is 69.0 Å². The number of nitrogens with two attached hydrogens (primary N) is 1. The zero-order chi connectivity index (χ0) is 91.2. The van der Waals surface area contributed by atoms with E-state index in [1.54, 1.807) is 41.1 Å². The Balaban J connectivity index is 0.000000181. The van der Waals surface area contributed by atoms with Crippen LogP contribution in [0, 0.1) is 13.3 Å². The predicted molar refractivity (Wildman–Crippen MR) is 435 cm³/mol. The van der Waals surface area contributed by atoms with E-state index < -0.39 is 115 Å². The van der Waals surface area contributed by atoms with Crippen molar-refractivity contribution in [2.24, 2.45) is 5.73 Å². The molecule has 50 nitrogen and oxygen atoms in total. The molecule has 20 atom stereocenters. The van der Waals surface area contributed by atoms with Gasteiger partial charge in [0.1, 0.15) is 112 Å². The molecule has 10 aliphatic heterocycles. The molecule has 2 amide bonds. The van der Waals surface area contributed by atoms with Crippen molar-refractivity contribution in [2.45, 2.75) is 207 Å². The summed E-state index contributed by atoms with van der Waals surface area (Å²) in [5.41, 5.74) is 9.03. The number of carbonyl (C=O) groups excluding carboxylic acids is 2. The van der Waals surface area contributed by atoms with Gasteiger partial charge in [-0.05, 0) is 74.3 Å². The molecule has 14 N–H and O–H groups in total. The molecule has 0 aromatic carbocycles. The second-order valence-corrected chi connectivity index (χ2v) is 30.6. The number of methoxy groups -OCH3 is 3. The van der Waals surface area contributed by atoms with Crippen molar-refractivity contribution in [1.29, 1.82) is 0 Å². The first-order chi connectivity index (χ1) is 60.8. The smallest absolute Gasteiger partial charge is 1.00 e. The molecule has 8 aromatic heterocycles. The molecule has 18 rings (SSSR count). The topological polar surface area (TPSA) is 625 Å². The third kappa shape index (κ3) is 23.5. The Bertz CT molecular complexity index is 4750. The summed E-state index contributed by atoms with van der Waals surface area (Å²) in [6.07, 6.45) is 2.59. The first kappa shape index (κ1) is 98.7. The van der Waals surface area contributed by atoms with E-state index in [0.717, 1.165) is 38.9 Å². The number of fused-ring (bicyclic) bond motifs is 6. The van der Waals surface area contributed by atoms with Crippen molar-refractivity contribution >= 4 is 80.1 Å². The van der Waals surface area contributed by atoms with Gasteiger partial charge in [-0.1, -0.05) is 0 Å². The van der Waals surface area contributed by atoms with Crippen molar-refractivity contribution in [1.82, 2.24) is 88.7 Å². The summed E-state index contributed by atoms with van der Waals surface area (Å²) in [6, 6.07) is 0.715. The number of hydrogen-bond acceptors (Lipinski definition) is 42. The molecule has 10 aliphatic rings. The van der Waals surface area contributed by atoms with E-state index in [0.29, 0.717) is 108 Å². The van der Waals surface area contributed by atoms with Gasteiger partial charge in [0.05, 0.1) is 89.1 Å². The normalized spacial score (nSPS) is 29.2. The van der Waals surface area contributed by atoms with Crippen molar-refractivity contribution < 1.29 is 131 Å². The van der Waals surface area contributed by atoms with Gasteiger partial charge in [-0.3, -0.25) is 18.3 Å². The van der Waals surface area contributed by atoms with Crippen molar-refractivity contribution in [3.8, 4) is 0 Å². The van der Waals surface area contributed by atoms with E-state index in [4.69, 9.17) is 85.1 Å². The minimum absolute atomic E-state index is 0. The van der Waals surface area contributed by atoms with Crippen LogP contribution in [0.4, 0.5) is 32.9 Å². The zero-order valence-electron chi connectivity index (χ0n) is 73.0. The number of nitrogens with one attached hydrogen (secondary N) is 6. The average molecular weight is 1780 g/mol. The zero-order valence-corrected chi connectivity index (χ0v) is 72.0. The van der Waals surface area contributed by atoms with Crippen molar-refractivity contribution in [3.63, 3.8) is 0 Å². The molecule has 10 saturated heterocycles. The third-order valence-electron chi connectivity index (χ3n) is 21.0. The number of anilines is 4. The maximum atomic E-state index is 11.5. The summed E-state index contributed by atoms with van der Waals surface area (Å²) in [7, 11) is 10.9. The molecule has 0 bridgehead atoms. The van der Waals surface area contributed by atoms with Crippen molar-refractivity contribution in [3.05, 3.63) is 63.9 Å². The van der Waals surface area contributed by atoms with Gasteiger partial charge in [0.2, 0.25) is 0 Å². The van der Waals surface area contributed by atoms with Crippen LogP contribution in [0.25, 0.3) is 44.7 Å². The van der Waals surface area contributed by atoms with E-state index in [1.165, 1.54) is 68.2 Å². The molecule has 16 unspecified atom stereocenters. The molecular weight excluding hydrogens is 1670 g/mol. The number of ether oxygens (including phenoxy) is 17. The number of alkyl carbamates (subject to hydrolysis) is 2. The van der Waals surface area contributed by atoms with E-state index in [2.05, 4.69) is 115 Å². The van der Waals surface area contributed by atoms with Gasteiger partial charge in [0.15, 0.2) is 110 Å². The molecular formula is C76H114N23O27+. The summed E-state index contributed by atoms with van der Waals surface area (Å²) in [5, 5.41) is 77.7. The summed E-state index contributed by atoms with van der Waals surface area (Å²) in [6.45, 7) is 24.8. The van der Waals surface area contributed by atoms with Crippen LogP contribution in [0.3, 0.4) is 0 Å². The molecule has 126 heavy (non-hydrogen) atoms. The van der Waals surface area contributed by atoms with Crippen LogP contribution in [0.1, 0.15) is 93.6 Å². The Kier molecular flexibility index (Phi) is 36.0. The van der Waals surface area contributed by atoms with Gasteiger partial charge < -0.3 is 149 Å². The summed E-state index contributed by atoms with van der Waals surface area (Å²) >= 11 is 0. The largest absolute Gasteiger partial charge is 1.00 e. The van der Waals surface area contributed by atoms with Crippen LogP contribution in [0.15, 0.2) is 50.6 Å². The van der Waals surface area contributed by atoms with Crippen LogP contribution in [0.5, 0.6) is 0 Å². The van der Waals surface area contributed by atoms with Crippen LogP contribution in [-0.4, -0.2) is 365 Å². The number of rotatable bonds is 20. The first-order valence-corrected chi connectivity index (χ1v) is 40.3. The van der Waals surface area contributed by atoms with Crippen LogP contribution in [-0.2, 0) is 89.8 Å². The molecule has 0 saturated carbocycles. The van der Waals surface area contributed by atoms with Gasteiger partial charge in [-0.2, -0.15) is 0 Å². The number of aliphatic hydroxyl groups excluding tert-OH is 6. The molecule has 50 heteroatoms. The number of aliphatic hydroxyl groups is 6. The first-order valence-electron chi connectivity index (χ1n) is 40.3. The average Bonchev–Trinajstić information content (AvgIpc) is 1.56. The van der Waals surface area contributed by atoms with E-state index in [9.17, 15) is 40.2 Å². The van der Waals surface area contributed by atoms with Crippen molar-refractivity contribution in [2.75, 3.05) is 150 Å². The quantitative estimate of drug-likeness (QED) is 0.0266. The molecule has 0 aliphatic carbocycles. The molecule has 0 radical (unpaired) electrons. The SMILES string of the molecule is CC1(C)OC2C(CO)OC(n3cnc4c(N[C@@H]5CCOC5)ncnc43)C2O1.CN.CNC(=O)OCC1OC(n2cnc3c(N[C@@H]4CCOC4)ncnc32)C(O)C1O.CNC(=O)OCC1OC(n2cnc3c(N[C@@H]4CCOC4)ncnc32)C2OC(C)(C)OC12.COC.COC(C)(C)OC.OCC1OC(n2cnc3c(N[C@@H]4CCOC4)ncnc32)C(O)C1O.[C-]#[O+].[C-]#[O+].[H+]. The fraction of sp³-hybridized carbons (Fsp3) is 0.684. The Morgan fingerprint density at radius 3 is 1.02 bits per heavy atom. The van der Waals surface area contributed by atoms with Crippen LogP contribution in [0.2, 0.25) is 0 Å². The number of imidazole rings is 4. The van der Waals surface area contributed by atoms with E-state index in [-0.39, 0.29) is 64.2 Å². The van der Waals surface area contributed by atoms with Crippen LogP contribution < -0.4 is 37.6 Å². The van der Waals surface area contributed by atoms with Gasteiger partial charge in [0.25, 0.3) is 0 Å². The standard InChI is InChI=1S/C19H26N6O6.C17H23N5O5.C16H22N6O6.C14H19N5O5.C5H12O2.C2H6O.CH5N.2CO/c1-19(2)30-13-11(7-28-18(26)20-3)29-17(14(13)31-19)25-9-23-12-15(21-8-22-16(12)25)24-10-4-5-27-6-10;1-17(2)26-12-10(5-23)25-16(13(12)27-17)22-8-20-11-14(18-7-19-15(11)22)21-9-3-4-24-6-9;1-17-16(25)27-5-9-11(23)12(24)15(28-9)22-7-20-10-13(18-6-19-14(10)22)21-8-2-3-26-4-8;20-3-8-10(21)11(22)14(24-8)19-6-17-9-12(15-5-16-13(9)19)18-7-1-2-23-4-7;1-5(2,6-3)7-4;1-3-2;3*1-2/h8-11,13-14,17H,4-7H2,1-3H3,(H,20,26)(H,21,22,24);7-10,12-13,16,23H,3-6H2,1-2H3,(H,18,19,21);6-9,11-12,15,23-24H,2-5H2,1H3,(H,17,25)(H,18,19,21);5-8,10-11,14,20-22H,1-4H2,(H,15,16,18);1-4H3;1-2H3;2H2,1H3;;/p+1/t10-,11?,13?,14?,17?;9-,10?,12?,13?,16?;8-,9?,11?,12?,15?;7-,8?,10?,11?,14?;;;;;/m1111...../s1. The predicted octanol–water partition coefficient (Wildman–Crippen LogP) is -0.231. The third-order valence-corrected chi connectivity index (χ3v) is 21.0. The van der Waals surface area contributed by atoms with Crippen LogP contribution >= 0.6 is 0 Å². The Hall–Kier alpha value is -9.46. The summed E-state index contributed by atoms with van der Waals surface area (Å²) in [4.78, 5) is 74.9. The molecule has 0 spiro atoms. The minimum Gasteiger partial charge on any atom is 1.00 e. The van der Waals surface area contributed by atoms with E-state index in [1.807, 2.05) is 50.7 Å². The number of nitrogens with zero attached hydrogens (tertiary/aromatic N) is 16. The van der Waals surface area contributed by atoms with Gasteiger partial charge in [-0.25, -0.2) is 69.4 Å². The Morgan fingerprint density at radius 2 is 0.730 bits per heavy atom. The second-order valence-electron chi connectivity index (χ2n) is 30.6. The maximum absolute atomic E-state index is 11.5. The molecule has 10 fully saturated rings. The summed E-state index contributed by atoms with van der Waals surface area (Å²) in [5.74, 6) is 0.533. The maximum Gasteiger partial charge on any atom is 1.00 e. The fourth-order valence-corrected chi connectivity index (χ4v) is 14.7.